The lowest BCUT2D eigenvalue weighted by Gasteiger charge is -2.16. The molecule has 0 N–H and O–H groups in total. The highest BCUT2D eigenvalue weighted by Gasteiger charge is 2.34. The first-order valence-corrected chi connectivity index (χ1v) is 7.63. The Morgan fingerprint density at radius 1 is 1.00 bits per heavy atom. The van der Waals surface area contributed by atoms with Gasteiger partial charge in [-0.15, -0.1) is 5.06 Å². The average molecular weight is 343 g/mol. The van der Waals surface area contributed by atoms with Gasteiger partial charge >= 0.3 is 17.9 Å². The number of esters is 2. The summed E-state index contributed by atoms with van der Waals surface area (Å²) in [4.78, 5) is 61.9. The van der Waals surface area contributed by atoms with Crippen LogP contribution in [0.25, 0.3) is 0 Å². The van der Waals surface area contributed by atoms with Crippen LogP contribution in [0.4, 0.5) is 0 Å². The minimum absolute atomic E-state index is 0.0290. The second-order valence-electron chi connectivity index (χ2n) is 5.70. The fourth-order valence-corrected chi connectivity index (χ4v) is 1.66. The zero-order valence-corrected chi connectivity index (χ0v) is 13.9. The van der Waals surface area contributed by atoms with Crippen LogP contribution in [-0.2, 0) is 38.3 Å². The van der Waals surface area contributed by atoms with Crippen LogP contribution in [-0.4, -0.2) is 47.5 Å². The first kappa shape index (κ1) is 19.6. The summed E-state index contributed by atoms with van der Waals surface area (Å²) < 4.78 is 9.70. The summed E-state index contributed by atoms with van der Waals surface area (Å²) in [6.07, 6.45) is -1.80. The maximum absolute atomic E-state index is 11.7. The van der Waals surface area contributed by atoms with Crippen LogP contribution in [0, 0.1) is 5.92 Å². The lowest BCUT2D eigenvalue weighted by Crippen LogP contribution is -2.37. The molecule has 0 aromatic rings. The van der Waals surface area contributed by atoms with Gasteiger partial charge in [0.2, 0.25) is 0 Å². The molecule has 0 aromatic heterocycles. The minimum Gasteiger partial charge on any atom is -0.465 e. The predicted octanol–water partition coefficient (Wildman–Crippen LogP) is 0.505. The van der Waals surface area contributed by atoms with E-state index in [0.717, 1.165) is 0 Å². The van der Waals surface area contributed by atoms with E-state index in [4.69, 9.17) is 9.47 Å². The number of hydrogen-bond donors (Lipinski definition) is 0. The number of imide groups is 1. The van der Waals surface area contributed by atoms with Crippen LogP contribution in [0.3, 0.4) is 0 Å². The van der Waals surface area contributed by atoms with Crippen molar-refractivity contribution in [3.8, 4) is 0 Å². The Labute approximate surface area is 139 Å². The molecule has 9 heteroatoms. The van der Waals surface area contributed by atoms with Crippen molar-refractivity contribution in [2.24, 2.45) is 5.92 Å². The normalized spacial score (nSPS) is 15.4. The third-order valence-corrected chi connectivity index (χ3v) is 2.94. The molecule has 0 aliphatic carbocycles. The molecule has 24 heavy (non-hydrogen) atoms. The van der Waals surface area contributed by atoms with Gasteiger partial charge in [0.15, 0.2) is 6.10 Å². The van der Waals surface area contributed by atoms with Crippen molar-refractivity contribution >= 4 is 29.7 Å². The molecular weight excluding hydrogens is 322 g/mol. The molecule has 9 nitrogen and oxygen atoms in total. The molecule has 0 aromatic carbocycles. The number of hydroxylamine groups is 2. The lowest BCUT2D eigenvalue weighted by molar-refractivity contribution is -0.205. The fourth-order valence-electron chi connectivity index (χ4n) is 1.66. The Bertz CT molecular complexity index is 512. The van der Waals surface area contributed by atoms with Crippen LogP contribution in [0.15, 0.2) is 0 Å². The maximum atomic E-state index is 11.7. The van der Waals surface area contributed by atoms with Gasteiger partial charge in [-0.2, -0.15) is 0 Å². The Morgan fingerprint density at radius 3 is 2.08 bits per heavy atom. The number of ether oxygens (including phenoxy) is 2. The first-order chi connectivity index (χ1) is 11.2. The Kier molecular flexibility index (Phi) is 7.34. The summed E-state index contributed by atoms with van der Waals surface area (Å²) in [5.74, 6) is -3.44. The van der Waals surface area contributed by atoms with Crippen LogP contribution in [0.5, 0.6) is 0 Å². The molecular formula is C15H21NO8. The van der Waals surface area contributed by atoms with Crippen LogP contribution in [0.2, 0.25) is 0 Å². The monoisotopic (exact) mass is 343 g/mol. The molecule has 2 amide bonds. The van der Waals surface area contributed by atoms with Crippen LogP contribution < -0.4 is 0 Å². The van der Waals surface area contributed by atoms with Gasteiger partial charge in [0.25, 0.3) is 11.8 Å². The molecule has 1 rings (SSSR count). The van der Waals surface area contributed by atoms with Crippen LogP contribution >= 0.6 is 0 Å². The highest BCUT2D eigenvalue weighted by Crippen LogP contribution is 2.13. The van der Waals surface area contributed by atoms with Gasteiger partial charge in [0.1, 0.15) is 0 Å². The molecule has 1 fully saturated rings. The zero-order chi connectivity index (χ0) is 18.3. The van der Waals surface area contributed by atoms with Crippen molar-refractivity contribution in [1.82, 2.24) is 5.06 Å². The van der Waals surface area contributed by atoms with Crippen molar-refractivity contribution in [3.05, 3.63) is 0 Å². The Hall–Kier alpha value is -2.45. The molecule has 0 saturated carbocycles. The van der Waals surface area contributed by atoms with Gasteiger partial charge in [-0.3, -0.25) is 19.2 Å². The van der Waals surface area contributed by atoms with E-state index < -0.39 is 35.8 Å². The van der Waals surface area contributed by atoms with E-state index >= 15 is 0 Å². The topological polar surface area (TPSA) is 116 Å². The van der Waals surface area contributed by atoms with E-state index in [-0.39, 0.29) is 38.2 Å². The summed E-state index contributed by atoms with van der Waals surface area (Å²) in [6.45, 7) is 5.26. The average Bonchev–Trinajstić information content (AvgIpc) is 2.82. The summed E-state index contributed by atoms with van der Waals surface area (Å²) in [7, 11) is 0. The predicted molar refractivity (Wildman–Crippen MR) is 77.8 cm³/mol. The number of carbonyl (C=O) groups excluding carboxylic acids is 5. The third-order valence-electron chi connectivity index (χ3n) is 2.94. The van der Waals surface area contributed by atoms with Crippen molar-refractivity contribution in [1.29, 1.82) is 0 Å². The highest BCUT2D eigenvalue weighted by atomic mass is 16.7. The third kappa shape index (κ3) is 6.35. The molecule has 0 radical (unpaired) electrons. The molecule has 1 aliphatic rings. The van der Waals surface area contributed by atoms with Crippen LogP contribution in [0.1, 0.15) is 46.5 Å². The second kappa shape index (κ2) is 8.99. The summed E-state index contributed by atoms with van der Waals surface area (Å²) >= 11 is 0. The van der Waals surface area contributed by atoms with Crippen molar-refractivity contribution in [2.45, 2.75) is 52.6 Å². The van der Waals surface area contributed by atoms with E-state index in [0.29, 0.717) is 5.06 Å². The van der Waals surface area contributed by atoms with Gasteiger partial charge in [-0.1, -0.05) is 13.8 Å². The fraction of sp³-hybridized carbons (Fsp3) is 0.667. The minimum atomic E-state index is -1.31. The highest BCUT2D eigenvalue weighted by molar-refractivity contribution is 6.01. The number of nitrogens with zero attached hydrogens (tertiary/aromatic N) is 1. The second-order valence-corrected chi connectivity index (χ2v) is 5.70. The molecule has 1 saturated heterocycles. The number of rotatable bonds is 8. The zero-order valence-electron chi connectivity index (χ0n) is 13.9. The molecule has 0 spiro atoms. The van der Waals surface area contributed by atoms with Gasteiger partial charge < -0.3 is 14.3 Å². The summed E-state index contributed by atoms with van der Waals surface area (Å²) in [5, 5.41) is 0.371. The van der Waals surface area contributed by atoms with Gasteiger partial charge in [-0.05, 0) is 12.8 Å². The number of amides is 2. The van der Waals surface area contributed by atoms with E-state index in [2.05, 4.69) is 4.84 Å². The Balaban J connectivity index is 2.32. The molecule has 0 unspecified atom stereocenters. The molecule has 134 valence electrons. The van der Waals surface area contributed by atoms with E-state index in [1.54, 1.807) is 0 Å². The maximum Gasteiger partial charge on any atom is 0.373 e. The Morgan fingerprint density at radius 2 is 1.54 bits per heavy atom. The summed E-state index contributed by atoms with van der Waals surface area (Å²) in [6, 6.07) is 0. The number of hydrogen-bond acceptors (Lipinski definition) is 8. The molecule has 0 bridgehead atoms. The molecule has 1 aliphatic heterocycles. The standard InChI is InChI=1S/C15H21NO8/c1-9(2)8-22-13(19)6-7-14(20)23-10(3)15(21)24-16-11(17)4-5-12(16)18/h9-10H,4-8H2,1-3H3/t10-/m0/s1. The lowest BCUT2D eigenvalue weighted by atomic mass is 10.2. The summed E-state index contributed by atoms with van der Waals surface area (Å²) in [5.41, 5.74) is 0. The van der Waals surface area contributed by atoms with E-state index in [9.17, 15) is 24.0 Å². The van der Waals surface area contributed by atoms with Gasteiger partial charge in [0.05, 0.1) is 19.4 Å². The van der Waals surface area contributed by atoms with E-state index in [1.165, 1.54) is 6.92 Å². The van der Waals surface area contributed by atoms with Crippen molar-refractivity contribution in [3.63, 3.8) is 0 Å². The first-order valence-electron chi connectivity index (χ1n) is 7.63. The van der Waals surface area contributed by atoms with Gasteiger partial charge in [-0.25, -0.2) is 4.79 Å². The molecule has 1 heterocycles. The van der Waals surface area contributed by atoms with Gasteiger partial charge in [0, 0.05) is 12.8 Å². The SMILES string of the molecule is CC(C)COC(=O)CCC(=O)O[C@@H](C)C(=O)ON1C(=O)CCC1=O. The molecule has 1 atom stereocenters. The van der Waals surface area contributed by atoms with E-state index in [1.807, 2.05) is 13.8 Å². The van der Waals surface area contributed by atoms with Crippen molar-refractivity contribution in [2.75, 3.05) is 6.61 Å². The van der Waals surface area contributed by atoms with Crippen molar-refractivity contribution < 1.29 is 38.3 Å². The number of carbonyl (C=O) groups is 5. The smallest absolute Gasteiger partial charge is 0.373 e. The largest absolute Gasteiger partial charge is 0.465 e. The quantitative estimate of drug-likeness (QED) is 0.462.